The molecule has 1 heterocycles. The van der Waals surface area contributed by atoms with Crippen LogP contribution in [0.2, 0.25) is 0 Å². The highest BCUT2D eigenvalue weighted by Crippen LogP contribution is 2.07. The van der Waals surface area contributed by atoms with Crippen LogP contribution in [0.3, 0.4) is 0 Å². The Balaban J connectivity index is 2.45. The van der Waals surface area contributed by atoms with Gasteiger partial charge in [0.2, 0.25) is 5.91 Å². The van der Waals surface area contributed by atoms with Crippen molar-refractivity contribution in [1.82, 2.24) is 4.90 Å². The first kappa shape index (κ1) is 8.27. The first-order chi connectivity index (χ1) is 5.24. The largest absolute Gasteiger partial charge is 0.338 e. The molecule has 0 bridgehead atoms. The standard InChI is InChI=1S/C8H14N2O/c1-2-8(11)10-5-3-4-7(9)6-10/h2,7H,1,3-6,9H2. The number of nitrogens with zero attached hydrogens (tertiary/aromatic N) is 1. The molecule has 3 nitrogen and oxygen atoms in total. The van der Waals surface area contributed by atoms with Gasteiger partial charge in [-0.3, -0.25) is 4.79 Å². The van der Waals surface area contributed by atoms with Crippen LogP contribution in [-0.2, 0) is 4.79 Å². The number of hydrogen-bond acceptors (Lipinski definition) is 2. The third kappa shape index (κ3) is 2.05. The molecule has 0 aromatic rings. The van der Waals surface area contributed by atoms with Gasteiger partial charge in [-0.05, 0) is 18.9 Å². The van der Waals surface area contributed by atoms with Crippen molar-refractivity contribution in [2.45, 2.75) is 18.9 Å². The summed E-state index contributed by atoms with van der Waals surface area (Å²) in [6, 6.07) is 0.160. The van der Waals surface area contributed by atoms with Crippen LogP contribution in [0.25, 0.3) is 0 Å². The van der Waals surface area contributed by atoms with Gasteiger partial charge >= 0.3 is 0 Å². The number of hydrogen-bond donors (Lipinski definition) is 1. The van der Waals surface area contributed by atoms with Crippen LogP contribution in [0.4, 0.5) is 0 Å². The van der Waals surface area contributed by atoms with Gasteiger partial charge in [0.15, 0.2) is 0 Å². The molecule has 1 rings (SSSR count). The zero-order valence-corrected chi connectivity index (χ0v) is 6.62. The molecule has 2 N–H and O–H groups in total. The number of rotatable bonds is 1. The molecule has 11 heavy (non-hydrogen) atoms. The fraction of sp³-hybridized carbons (Fsp3) is 0.625. The van der Waals surface area contributed by atoms with E-state index in [-0.39, 0.29) is 11.9 Å². The smallest absolute Gasteiger partial charge is 0.246 e. The number of carbonyl (C=O) groups is 1. The normalized spacial score (nSPS) is 24.8. The maximum atomic E-state index is 11.1. The van der Waals surface area contributed by atoms with Crippen molar-refractivity contribution < 1.29 is 4.79 Å². The van der Waals surface area contributed by atoms with Crippen LogP contribution in [-0.4, -0.2) is 29.9 Å². The van der Waals surface area contributed by atoms with Crippen LogP contribution in [0.5, 0.6) is 0 Å². The van der Waals surface area contributed by atoms with Gasteiger partial charge in [0, 0.05) is 19.1 Å². The van der Waals surface area contributed by atoms with Crippen molar-refractivity contribution in [2.24, 2.45) is 5.73 Å². The van der Waals surface area contributed by atoms with Crippen molar-refractivity contribution in [2.75, 3.05) is 13.1 Å². The predicted molar refractivity (Wildman–Crippen MR) is 44.0 cm³/mol. The molecule has 3 heteroatoms. The monoisotopic (exact) mass is 154 g/mol. The average molecular weight is 154 g/mol. The van der Waals surface area contributed by atoms with Gasteiger partial charge < -0.3 is 10.6 Å². The van der Waals surface area contributed by atoms with E-state index in [1.54, 1.807) is 4.90 Å². The molecule has 62 valence electrons. The van der Waals surface area contributed by atoms with Crippen molar-refractivity contribution in [3.63, 3.8) is 0 Å². The zero-order valence-electron chi connectivity index (χ0n) is 6.62. The van der Waals surface area contributed by atoms with Crippen LogP contribution in [0.1, 0.15) is 12.8 Å². The number of amides is 1. The van der Waals surface area contributed by atoms with E-state index in [2.05, 4.69) is 6.58 Å². The minimum atomic E-state index is 0.000139. The maximum Gasteiger partial charge on any atom is 0.246 e. The van der Waals surface area contributed by atoms with Gasteiger partial charge in [-0.1, -0.05) is 6.58 Å². The van der Waals surface area contributed by atoms with Gasteiger partial charge in [-0.25, -0.2) is 0 Å². The average Bonchev–Trinajstić information content (AvgIpc) is 2.03. The molecule has 1 aliphatic heterocycles. The number of piperidine rings is 1. The van der Waals surface area contributed by atoms with Crippen LogP contribution >= 0.6 is 0 Å². The lowest BCUT2D eigenvalue weighted by atomic mass is 10.1. The van der Waals surface area contributed by atoms with E-state index in [1.165, 1.54) is 6.08 Å². The maximum absolute atomic E-state index is 11.1. The molecule has 0 aromatic heterocycles. The summed E-state index contributed by atoms with van der Waals surface area (Å²) >= 11 is 0. The zero-order chi connectivity index (χ0) is 8.27. The Labute approximate surface area is 66.9 Å². The van der Waals surface area contributed by atoms with E-state index in [0.29, 0.717) is 6.54 Å². The molecule has 0 radical (unpaired) electrons. The molecule has 0 spiro atoms. The second kappa shape index (κ2) is 3.53. The van der Waals surface area contributed by atoms with Gasteiger partial charge in [-0.15, -0.1) is 0 Å². The Hall–Kier alpha value is -0.830. The highest BCUT2D eigenvalue weighted by molar-refractivity contribution is 5.87. The summed E-state index contributed by atoms with van der Waals surface area (Å²) in [6.07, 6.45) is 3.39. The van der Waals surface area contributed by atoms with E-state index < -0.39 is 0 Å². The van der Waals surface area contributed by atoms with E-state index in [0.717, 1.165) is 19.4 Å². The Bertz CT molecular complexity index is 167. The molecule has 0 aromatic carbocycles. The van der Waals surface area contributed by atoms with Gasteiger partial charge in [0.25, 0.3) is 0 Å². The highest BCUT2D eigenvalue weighted by atomic mass is 16.2. The van der Waals surface area contributed by atoms with Crippen molar-refractivity contribution in [1.29, 1.82) is 0 Å². The summed E-state index contributed by atoms with van der Waals surface area (Å²) < 4.78 is 0. The second-order valence-corrected chi connectivity index (χ2v) is 2.89. The van der Waals surface area contributed by atoms with Crippen molar-refractivity contribution in [3.8, 4) is 0 Å². The van der Waals surface area contributed by atoms with Crippen LogP contribution < -0.4 is 5.73 Å². The topological polar surface area (TPSA) is 46.3 Å². The summed E-state index contributed by atoms with van der Waals surface area (Å²) in [5.74, 6) is 0.000139. The lowest BCUT2D eigenvalue weighted by molar-refractivity contribution is -0.127. The number of carbonyl (C=O) groups excluding carboxylic acids is 1. The molecule has 0 aliphatic carbocycles. The predicted octanol–water partition coefficient (Wildman–Crippen LogP) is 0.122. The minimum Gasteiger partial charge on any atom is -0.338 e. The van der Waals surface area contributed by atoms with E-state index in [1.807, 2.05) is 0 Å². The van der Waals surface area contributed by atoms with Crippen LogP contribution in [0.15, 0.2) is 12.7 Å². The summed E-state index contributed by atoms with van der Waals surface area (Å²) in [7, 11) is 0. The Morgan fingerprint density at radius 3 is 3.00 bits per heavy atom. The first-order valence-electron chi connectivity index (χ1n) is 3.91. The molecule has 1 fully saturated rings. The Kier molecular flexibility index (Phi) is 2.65. The molecular weight excluding hydrogens is 140 g/mol. The molecular formula is C8H14N2O. The molecule has 1 aliphatic rings. The molecule has 1 saturated heterocycles. The SMILES string of the molecule is C=CC(=O)N1CCCC(N)C1. The van der Waals surface area contributed by atoms with Crippen LogP contribution in [0, 0.1) is 0 Å². The second-order valence-electron chi connectivity index (χ2n) is 2.89. The summed E-state index contributed by atoms with van der Waals surface area (Å²) in [6.45, 7) is 4.95. The summed E-state index contributed by atoms with van der Waals surface area (Å²) in [4.78, 5) is 12.8. The van der Waals surface area contributed by atoms with Gasteiger partial charge in [0.1, 0.15) is 0 Å². The minimum absolute atomic E-state index is 0.000139. The summed E-state index contributed by atoms with van der Waals surface area (Å²) in [5.41, 5.74) is 5.69. The van der Waals surface area contributed by atoms with Gasteiger partial charge in [0.05, 0.1) is 0 Å². The fourth-order valence-corrected chi connectivity index (χ4v) is 1.34. The van der Waals surface area contributed by atoms with Gasteiger partial charge in [-0.2, -0.15) is 0 Å². The fourth-order valence-electron chi connectivity index (χ4n) is 1.34. The van der Waals surface area contributed by atoms with Crippen molar-refractivity contribution >= 4 is 5.91 Å². The van der Waals surface area contributed by atoms with E-state index in [9.17, 15) is 4.79 Å². The molecule has 1 atom stereocenters. The third-order valence-electron chi connectivity index (χ3n) is 1.94. The first-order valence-corrected chi connectivity index (χ1v) is 3.91. The van der Waals surface area contributed by atoms with Crippen molar-refractivity contribution in [3.05, 3.63) is 12.7 Å². The highest BCUT2D eigenvalue weighted by Gasteiger charge is 2.18. The third-order valence-corrected chi connectivity index (χ3v) is 1.94. The van der Waals surface area contributed by atoms with E-state index in [4.69, 9.17) is 5.73 Å². The van der Waals surface area contributed by atoms with E-state index >= 15 is 0 Å². The Morgan fingerprint density at radius 2 is 2.45 bits per heavy atom. The molecule has 1 unspecified atom stereocenters. The number of nitrogens with two attached hydrogens (primary N) is 1. The Morgan fingerprint density at radius 1 is 1.73 bits per heavy atom. The molecule has 0 saturated carbocycles. The quantitative estimate of drug-likeness (QED) is 0.545. The lowest BCUT2D eigenvalue weighted by Gasteiger charge is -2.29. The lowest BCUT2D eigenvalue weighted by Crippen LogP contribution is -2.45. The number of likely N-dealkylation sites (tertiary alicyclic amines) is 1. The summed E-state index contributed by atoms with van der Waals surface area (Å²) in [5, 5.41) is 0. The molecule has 1 amide bonds.